The van der Waals surface area contributed by atoms with Crippen LogP contribution in [0.5, 0.6) is 11.5 Å². The molecular weight excluding hydrogens is 520 g/mol. The van der Waals surface area contributed by atoms with E-state index in [0.717, 1.165) is 20.8 Å². The highest BCUT2D eigenvalue weighted by atomic mass is 79.9. The smallest absolute Gasteiger partial charge is 0.303 e. The lowest BCUT2D eigenvalue weighted by molar-refractivity contribution is -0.321. The van der Waals surface area contributed by atoms with Crippen molar-refractivity contribution in [1.29, 1.82) is 0 Å². The molecule has 0 spiro atoms. The van der Waals surface area contributed by atoms with Gasteiger partial charge in [0, 0.05) is 32.2 Å². The molecule has 1 aliphatic heterocycles. The number of ether oxygens (including phenoxy) is 7. The van der Waals surface area contributed by atoms with Crippen molar-refractivity contribution in [2.24, 2.45) is 0 Å². The average molecular weight is 547 g/mol. The summed E-state index contributed by atoms with van der Waals surface area (Å²) in [5, 5.41) is 0. The molecule has 2 rings (SSSR count). The quantitative estimate of drug-likeness (QED) is 0.351. The van der Waals surface area contributed by atoms with E-state index < -0.39 is 54.1 Å². The predicted molar refractivity (Wildman–Crippen MR) is 118 cm³/mol. The van der Waals surface area contributed by atoms with Crippen LogP contribution in [0.3, 0.4) is 0 Å². The van der Waals surface area contributed by atoms with Crippen molar-refractivity contribution in [1.82, 2.24) is 0 Å². The number of benzene rings is 1. The van der Waals surface area contributed by atoms with Crippen molar-refractivity contribution in [3.8, 4) is 11.5 Å². The standard InChI is InChI=1S/C22H27BrO11/c1-11(24)29-10-18-19(30-12(2)25)20(31-13(3)26)22(5,34-14(4)27)21(33-18)32-16-8-7-15(23)9-17(16)28-6/h7-9,18-21H,10H2,1-6H3/t18-,19-,20+,21+,22+/m1/s1. The lowest BCUT2D eigenvalue weighted by Gasteiger charge is -2.49. The van der Waals surface area contributed by atoms with Crippen molar-refractivity contribution >= 4 is 39.8 Å². The third-order valence-corrected chi connectivity index (χ3v) is 5.26. The molecule has 1 aromatic rings. The van der Waals surface area contributed by atoms with Gasteiger partial charge in [0.25, 0.3) is 0 Å². The molecule has 1 aromatic carbocycles. The van der Waals surface area contributed by atoms with Crippen LogP contribution >= 0.6 is 15.9 Å². The summed E-state index contributed by atoms with van der Waals surface area (Å²) in [6.07, 6.45) is -5.20. The van der Waals surface area contributed by atoms with Crippen LogP contribution in [0, 0.1) is 0 Å². The zero-order chi connectivity index (χ0) is 25.6. The van der Waals surface area contributed by atoms with Gasteiger partial charge in [0.05, 0.1) is 7.11 Å². The van der Waals surface area contributed by atoms with Gasteiger partial charge in [0.1, 0.15) is 12.7 Å². The number of hydrogen-bond acceptors (Lipinski definition) is 11. The predicted octanol–water partition coefficient (Wildman–Crippen LogP) is 2.31. The van der Waals surface area contributed by atoms with Gasteiger partial charge in [0.15, 0.2) is 23.7 Å². The van der Waals surface area contributed by atoms with Crippen molar-refractivity contribution in [2.45, 2.75) is 64.8 Å². The molecule has 0 unspecified atom stereocenters. The van der Waals surface area contributed by atoms with Crippen LogP contribution in [0.15, 0.2) is 22.7 Å². The Morgan fingerprint density at radius 1 is 0.971 bits per heavy atom. The summed E-state index contributed by atoms with van der Waals surface area (Å²) in [5.74, 6) is -2.28. The average Bonchev–Trinajstić information content (AvgIpc) is 2.71. The minimum Gasteiger partial charge on any atom is -0.493 e. The number of esters is 4. The molecule has 1 aliphatic rings. The summed E-state index contributed by atoms with van der Waals surface area (Å²) >= 11 is 3.34. The first-order valence-corrected chi connectivity index (χ1v) is 11.0. The molecule has 0 aromatic heterocycles. The van der Waals surface area contributed by atoms with Gasteiger partial charge >= 0.3 is 23.9 Å². The van der Waals surface area contributed by atoms with Gasteiger partial charge in [-0.15, -0.1) is 0 Å². The van der Waals surface area contributed by atoms with E-state index in [1.54, 1.807) is 18.2 Å². The second-order valence-corrected chi connectivity index (χ2v) is 8.52. The SMILES string of the molecule is COc1cc(Br)ccc1O[C@H]1O[C@H](COC(C)=O)[C@@H](OC(C)=O)[C@H](OC(C)=O)[C@]1(C)OC(C)=O. The van der Waals surface area contributed by atoms with Gasteiger partial charge in [-0.2, -0.15) is 0 Å². The van der Waals surface area contributed by atoms with Crippen molar-refractivity contribution in [3.63, 3.8) is 0 Å². The van der Waals surface area contributed by atoms with Crippen LogP contribution in [-0.4, -0.2) is 67.8 Å². The molecule has 0 radical (unpaired) electrons. The molecule has 12 heteroatoms. The van der Waals surface area contributed by atoms with E-state index in [1.807, 2.05) is 0 Å². The molecule has 11 nitrogen and oxygen atoms in total. The highest BCUT2D eigenvalue weighted by Crippen LogP contribution is 2.40. The summed E-state index contributed by atoms with van der Waals surface area (Å²) in [5.41, 5.74) is -1.79. The summed E-state index contributed by atoms with van der Waals surface area (Å²) in [4.78, 5) is 47.4. The Kier molecular flexibility index (Phi) is 9.28. The Morgan fingerprint density at radius 3 is 2.15 bits per heavy atom. The minimum atomic E-state index is -1.79. The number of carbonyl (C=O) groups excluding carboxylic acids is 4. The molecule has 0 bridgehead atoms. The van der Waals surface area contributed by atoms with E-state index in [2.05, 4.69) is 15.9 Å². The maximum Gasteiger partial charge on any atom is 0.303 e. The van der Waals surface area contributed by atoms with Gasteiger partial charge in [-0.05, 0) is 25.1 Å². The third-order valence-electron chi connectivity index (χ3n) is 4.77. The monoisotopic (exact) mass is 546 g/mol. The fourth-order valence-corrected chi connectivity index (χ4v) is 3.81. The third kappa shape index (κ3) is 6.83. The molecule has 1 saturated heterocycles. The second kappa shape index (κ2) is 11.5. The first kappa shape index (κ1) is 27.4. The van der Waals surface area contributed by atoms with Crippen LogP contribution in [-0.2, 0) is 42.9 Å². The number of carbonyl (C=O) groups is 4. The molecule has 0 amide bonds. The highest BCUT2D eigenvalue weighted by Gasteiger charge is 2.61. The van der Waals surface area contributed by atoms with Crippen LogP contribution in [0.25, 0.3) is 0 Å². The molecule has 188 valence electrons. The lowest BCUT2D eigenvalue weighted by atomic mass is 9.87. The van der Waals surface area contributed by atoms with E-state index in [0.29, 0.717) is 10.2 Å². The Bertz CT molecular complexity index is 933. The largest absolute Gasteiger partial charge is 0.493 e. The number of halogens is 1. The minimum absolute atomic E-state index is 0.216. The zero-order valence-corrected chi connectivity index (χ0v) is 21.2. The number of rotatable bonds is 8. The van der Waals surface area contributed by atoms with Gasteiger partial charge in [-0.25, -0.2) is 0 Å². The van der Waals surface area contributed by atoms with Crippen molar-refractivity contribution < 1.29 is 52.3 Å². The van der Waals surface area contributed by atoms with Gasteiger partial charge < -0.3 is 33.2 Å². The highest BCUT2D eigenvalue weighted by molar-refractivity contribution is 9.10. The molecule has 34 heavy (non-hydrogen) atoms. The number of hydrogen-bond donors (Lipinski definition) is 0. The summed E-state index contributed by atoms with van der Waals surface area (Å²) < 4.78 is 39.5. The fraction of sp³-hybridized carbons (Fsp3) is 0.545. The van der Waals surface area contributed by atoms with Crippen LogP contribution < -0.4 is 9.47 Å². The Balaban J connectivity index is 2.59. The molecule has 1 heterocycles. The van der Waals surface area contributed by atoms with Gasteiger partial charge in [-0.1, -0.05) is 15.9 Å². The normalized spacial score (nSPS) is 26.1. The number of methoxy groups -OCH3 is 1. The second-order valence-electron chi connectivity index (χ2n) is 7.60. The van der Waals surface area contributed by atoms with Crippen LogP contribution in [0.2, 0.25) is 0 Å². The summed E-state index contributed by atoms with van der Waals surface area (Å²) in [6.45, 7) is 5.68. The summed E-state index contributed by atoms with van der Waals surface area (Å²) in [6, 6.07) is 4.91. The maximum absolute atomic E-state index is 12.1. The Morgan fingerprint density at radius 2 is 1.62 bits per heavy atom. The van der Waals surface area contributed by atoms with Crippen molar-refractivity contribution in [2.75, 3.05) is 13.7 Å². The molecule has 0 N–H and O–H groups in total. The zero-order valence-electron chi connectivity index (χ0n) is 19.6. The molecule has 0 saturated carbocycles. The summed E-state index contributed by atoms with van der Waals surface area (Å²) in [7, 11) is 1.43. The van der Waals surface area contributed by atoms with Crippen molar-refractivity contribution in [3.05, 3.63) is 22.7 Å². The lowest BCUT2D eigenvalue weighted by Crippen LogP contribution is -2.69. The van der Waals surface area contributed by atoms with E-state index >= 15 is 0 Å². The first-order valence-electron chi connectivity index (χ1n) is 10.2. The van der Waals surface area contributed by atoms with Gasteiger partial charge in [0.2, 0.25) is 11.9 Å². The van der Waals surface area contributed by atoms with Crippen LogP contribution in [0.1, 0.15) is 34.6 Å². The molecule has 1 fully saturated rings. The fourth-order valence-electron chi connectivity index (χ4n) is 3.47. The molecule has 0 aliphatic carbocycles. The van der Waals surface area contributed by atoms with E-state index in [9.17, 15) is 19.2 Å². The Labute approximate surface area is 205 Å². The van der Waals surface area contributed by atoms with Gasteiger partial charge in [-0.3, -0.25) is 19.2 Å². The topological polar surface area (TPSA) is 133 Å². The maximum atomic E-state index is 12.1. The van der Waals surface area contributed by atoms with E-state index in [-0.39, 0.29) is 12.4 Å². The van der Waals surface area contributed by atoms with Crippen LogP contribution in [0.4, 0.5) is 0 Å². The molecular formula is C22H27BrO11. The van der Waals surface area contributed by atoms with E-state index in [1.165, 1.54) is 21.0 Å². The molecule has 5 atom stereocenters. The van der Waals surface area contributed by atoms with E-state index in [4.69, 9.17) is 33.2 Å². The Hall–Kier alpha value is -2.86. The first-order chi connectivity index (χ1) is 15.9.